The van der Waals surface area contributed by atoms with Crippen LogP contribution in [0.25, 0.3) is 0 Å². The number of nitrogens with one attached hydrogen (secondary N) is 1. The number of carbonyl (C=O) groups excluding carboxylic acids is 1. The number of piperidine rings is 1. The van der Waals surface area contributed by atoms with Crippen LogP contribution in [0.4, 0.5) is 0 Å². The molecule has 1 saturated heterocycles. The molecule has 0 aromatic heterocycles. The van der Waals surface area contributed by atoms with E-state index in [1.54, 1.807) is 0 Å². The number of nitrogens with zero attached hydrogens (tertiary/aromatic N) is 1. The molecule has 1 fully saturated rings. The normalized spacial score (nSPS) is 17.2. The summed E-state index contributed by atoms with van der Waals surface area (Å²) in [5, 5.41) is 9.00. The van der Waals surface area contributed by atoms with Crippen molar-refractivity contribution in [2.75, 3.05) is 20.1 Å². The van der Waals surface area contributed by atoms with Gasteiger partial charge in [0.2, 0.25) is 5.91 Å². The molecular formula is C16H24N2O2Y-2. The van der Waals surface area contributed by atoms with Crippen LogP contribution >= 0.6 is 0 Å². The number of benzene rings is 1. The summed E-state index contributed by atoms with van der Waals surface area (Å²) in [5.41, 5.74) is 2.64. The second-order valence-corrected chi connectivity index (χ2v) is 5.43. The fourth-order valence-corrected chi connectivity index (χ4v) is 2.73. The van der Waals surface area contributed by atoms with Gasteiger partial charge in [-0.1, -0.05) is 0 Å². The number of aryl methyl sites for hydroxylation is 1. The van der Waals surface area contributed by atoms with Crippen LogP contribution in [0, 0.1) is 18.9 Å². The fraction of sp³-hybridized carbons (Fsp3) is 0.500. The van der Waals surface area contributed by atoms with Gasteiger partial charge in [-0.25, -0.2) is 5.48 Å². The Bertz CT molecular complexity index is 418. The maximum absolute atomic E-state index is 12.0. The van der Waals surface area contributed by atoms with Crippen molar-refractivity contribution in [2.45, 2.75) is 25.7 Å². The molecule has 1 radical (unpaired) electrons. The molecule has 1 heterocycles. The summed E-state index contributed by atoms with van der Waals surface area (Å²) in [6, 6.07) is 10.8. The molecule has 21 heavy (non-hydrogen) atoms. The third-order valence-electron chi connectivity index (χ3n) is 4.21. The van der Waals surface area contributed by atoms with Crippen LogP contribution in [-0.4, -0.2) is 36.2 Å². The zero-order valence-corrected chi connectivity index (χ0v) is 15.8. The van der Waals surface area contributed by atoms with Crippen molar-refractivity contribution >= 4 is 5.91 Å². The largest absolute Gasteiger partial charge is 0.358 e. The second-order valence-electron chi connectivity index (χ2n) is 5.43. The van der Waals surface area contributed by atoms with E-state index in [-0.39, 0.29) is 46.0 Å². The molecule has 2 N–H and O–H groups in total. The number of amides is 1. The van der Waals surface area contributed by atoms with Gasteiger partial charge >= 0.3 is 0 Å². The molecule has 2 rings (SSSR count). The molecule has 1 amide bonds. The van der Waals surface area contributed by atoms with Crippen LogP contribution in [0.15, 0.2) is 24.3 Å². The Morgan fingerprint density at radius 3 is 2.48 bits per heavy atom. The summed E-state index contributed by atoms with van der Waals surface area (Å²) in [6.07, 6.45) is 3.23. The topological polar surface area (TPSA) is 52.6 Å². The van der Waals surface area contributed by atoms with E-state index in [9.17, 15) is 4.79 Å². The number of hydrogen-bond acceptors (Lipinski definition) is 3. The van der Waals surface area contributed by atoms with E-state index in [4.69, 9.17) is 5.21 Å². The van der Waals surface area contributed by atoms with Gasteiger partial charge in [0.05, 0.1) is 5.41 Å². The molecular weight excluding hydrogens is 341 g/mol. The second kappa shape index (κ2) is 9.67. The molecule has 1 aliphatic heterocycles. The molecule has 1 aromatic rings. The summed E-state index contributed by atoms with van der Waals surface area (Å²) in [5.74, 6) is -0.233. The van der Waals surface area contributed by atoms with Gasteiger partial charge in [0.1, 0.15) is 0 Å². The van der Waals surface area contributed by atoms with Gasteiger partial charge in [0.15, 0.2) is 0 Å². The Kier molecular flexibility index (Phi) is 9.54. The number of likely N-dealkylation sites (tertiary alicyclic amines) is 1. The van der Waals surface area contributed by atoms with Crippen molar-refractivity contribution in [3.63, 3.8) is 0 Å². The quantitative estimate of drug-likeness (QED) is 0.488. The van der Waals surface area contributed by atoms with Gasteiger partial charge in [-0.2, -0.15) is 35.9 Å². The van der Waals surface area contributed by atoms with Crippen LogP contribution in [0.3, 0.4) is 0 Å². The molecule has 1 aliphatic rings. The van der Waals surface area contributed by atoms with Gasteiger partial charge in [-0.15, -0.1) is 0 Å². The molecule has 4 nitrogen and oxygen atoms in total. The standard InChI is InChI=1S/C15H21N2O2.CH3.Y/c1-17-11-9-15(10-12-17,14(18)16-19)8-7-13-5-3-2-4-6-13;;/h3-6,19H,7-12H2,1H3,(H,16,18);1H3;/q2*-1;. The first kappa shape index (κ1) is 20.7. The van der Waals surface area contributed by atoms with Crippen molar-refractivity contribution in [1.29, 1.82) is 0 Å². The van der Waals surface area contributed by atoms with E-state index in [0.29, 0.717) is 0 Å². The first-order chi connectivity index (χ1) is 9.16. The number of carbonyl (C=O) groups is 1. The molecule has 115 valence electrons. The van der Waals surface area contributed by atoms with Crippen LogP contribution < -0.4 is 5.48 Å². The Hall–Kier alpha value is -0.286. The molecule has 0 unspecified atom stereocenters. The Morgan fingerprint density at radius 1 is 1.38 bits per heavy atom. The summed E-state index contributed by atoms with van der Waals surface area (Å²) < 4.78 is 0. The SMILES string of the molecule is CN1CCC(CCc2cc[c-]cc2)(C(=O)NO)CC1.[CH3-].[Y]. The van der Waals surface area contributed by atoms with E-state index in [2.05, 4.69) is 18.0 Å². The van der Waals surface area contributed by atoms with E-state index in [1.165, 1.54) is 5.56 Å². The first-order valence-electron chi connectivity index (χ1n) is 6.74. The van der Waals surface area contributed by atoms with Crippen LogP contribution in [0.5, 0.6) is 0 Å². The molecule has 5 heteroatoms. The zero-order chi connectivity index (χ0) is 13.7. The Morgan fingerprint density at radius 2 is 1.95 bits per heavy atom. The van der Waals surface area contributed by atoms with Crippen molar-refractivity contribution in [1.82, 2.24) is 10.4 Å². The zero-order valence-electron chi connectivity index (χ0n) is 12.9. The van der Waals surface area contributed by atoms with Crippen LogP contribution in [0.2, 0.25) is 0 Å². The number of hydroxylamine groups is 1. The Labute approximate surface area is 153 Å². The van der Waals surface area contributed by atoms with Gasteiger partial charge < -0.3 is 12.3 Å². The maximum Gasteiger partial charge on any atom is 0.249 e. The predicted molar refractivity (Wildman–Crippen MR) is 79.1 cm³/mol. The third-order valence-corrected chi connectivity index (χ3v) is 4.21. The first-order valence-corrected chi connectivity index (χ1v) is 6.74. The van der Waals surface area contributed by atoms with E-state index in [0.717, 1.165) is 38.8 Å². The summed E-state index contributed by atoms with van der Waals surface area (Å²) in [6.45, 7) is 1.80. The number of hydrogen-bond donors (Lipinski definition) is 2. The average Bonchev–Trinajstić information content (AvgIpc) is 2.47. The molecule has 0 aliphatic carbocycles. The van der Waals surface area contributed by atoms with E-state index in [1.807, 2.05) is 29.7 Å². The van der Waals surface area contributed by atoms with Crippen LogP contribution in [0.1, 0.15) is 24.8 Å². The van der Waals surface area contributed by atoms with Crippen molar-refractivity contribution in [2.24, 2.45) is 5.41 Å². The van der Waals surface area contributed by atoms with Crippen molar-refractivity contribution in [3.8, 4) is 0 Å². The predicted octanol–water partition coefficient (Wildman–Crippen LogP) is 2.08. The smallest absolute Gasteiger partial charge is 0.249 e. The van der Waals surface area contributed by atoms with Gasteiger partial charge in [-0.3, -0.25) is 10.0 Å². The number of rotatable bonds is 4. The fourth-order valence-electron chi connectivity index (χ4n) is 2.73. The van der Waals surface area contributed by atoms with Gasteiger partial charge in [-0.05, 0) is 45.8 Å². The monoisotopic (exact) mass is 365 g/mol. The summed E-state index contributed by atoms with van der Waals surface area (Å²) in [7, 11) is 2.06. The third kappa shape index (κ3) is 5.44. The average molecular weight is 365 g/mol. The Balaban J connectivity index is 0.00000200. The van der Waals surface area contributed by atoms with Crippen molar-refractivity contribution in [3.05, 3.63) is 43.3 Å². The van der Waals surface area contributed by atoms with E-state index >= 15 is 0 Å². The molecule has 0 bridgehead atoms. The summed E-state index contributed by atoms with van der Waals surface area (Å²) >= 11 is 0. The minimum Gasteiger partial charge on any atom is -0.358 e. The molecule has 0 atom stereocenters. The molecule has 0 saturated carbocycles. The summed E-state index contributed by atoms with van der Waals surface area (Å²) in [4.78, 5) is 14.3. The van der Waals surface area contributed by atoms with Crippen LogP contribution in [-0.2, 0) is 43.9 Å². The van der Waals surface area contributed by atoms with E-state index < -0.39 is 5.41 Å². The molecule has 1 aromatic carbocycles. The minimum absolute atomic E-state index is 0. The minimum atomic E-state index is -0.430. The van der Waals surface area contributed by atoms with Crippen molar-refractivity contribution < 1.29 is 42.7 Å². The van der Waals surface area contributed by atoms with Gasteiger partial charge in [0.25, 0.3) is 0 Å². The van der Waals surface area contributed by atoms with Gasteiger partial charge in [0, 0.05) is 32.7 Å². The molecule has 0 spiro atoms. The maximum atomic E-state index is 12.0.